The molecule has 0 radical (unpaired) electrons. The van der Waals surface area contributed by atoms with Gasteiger partial charge in [0.15, 0.2) is 11.5 Å². The first kappa shape index (κ1) is 26.0. The van der Waals surface area contributed by atoms with E-state index in [0.29, 0.717) is 60.8 Å². The van der Waals surface area contributed by atoms with Crippen LogP contribution in [0.1, 0.15) is 60.6 Å². The van der Waals surface area contributed by atoms with Crippen molar-refractivity contribution in [3.05, 3.63) is 81.4 Å². The average Bonchev–Trinajstić information content (AvgIpc) is 3.42. The van der Waals surface area contributed by atoms with Crippen molar-refractivity contribution < 1.29 is 9.50 Å². The van der Waals surface area contributed by atoms with Gasteiger partial charge in [-0.1, -0.05) is 19.1 Å². The van der Waals surface area contributed by atoms with Crippen LogP contribution < -0.4 is 10.9 Å². The third-order valence-electron chi connectivity index (χ3n) is 8.98. The van der Waals surface area contributed by atoms with Crippen molar-refractivity contribution in [1.29, 1.82) is 0 Å². The SMILES string of the molecule is C=CCn1c(=O)c2cnc(Nc3cc4c5c(c3)CN(C)C[C@]5(F)CCC4)nc2n1-c1ccc2c(n1)[C@@](O)(CC)CC2. The summed E-state index contributed by atoms with van der Waals surface area (Å²) in [5, 5.41) is 14.9. The van der Waals surface area contributed by atoms with Crippen molar-refractivity contribution in [3.8, 4) is 5.82 Å². The lowest BCUT2D eigenvalue weighted by Crippen LogP contribution is -2.43. The van der Waals surface area contributed by atoms with E-state index < -0.39 is 11.3 Å². The Balaban J connectivity index is 1.33. The highest BCUT2D eigenvalue weighted by Gasteiger charge is 2.43. The molecule has 2 aliphatic carbocycles. The maximum Gasteiger partial charge on any atom is 0.278 e. The van der Waals surface area contributed by atoms with Gasteiger partial charge in [-0.15, -0.1) is 6.58 Å². The van der Waals surface area contributed by atoms with Crippen molar-refractivity contribution in [2.24, 2.45) is 0 Å². The number of pyridine rings is 1. The highest BCUT2D eigenvalue weighted by molar-refractivity contribution is 5.77. The van der Waals surface area contributed by atoms with Gasteiger partial charge in [0.25, 0.3) is 5.56 Å². The number of nitrogens with one attached hydrogen (secondary N) is 1. The molecule has 10 heteroatoms. The molecular formula is C31H34FN7O2. The van der Waals surface area contributed by atoms with E-state index in [4.69, 9.17) is 9.97 Å². The molecular weight excluding hydrogens is 521 g/mol. The summed E-state index contributed by atoms with van der Waals surface area (Å²) in [6.45, 7) is 7.14. The normalized spacial score (nSPS) is 23.4. The first-order chi connectivity index (χ1) is 19.7. The van der Waals surface area contributed by atoms with Gasteiger partial charge >= 0.3 is 0 Å². The fourth-order valence-electron chi connectivity index (χ4n) is 7.10. The number of allylic oxidation sites excluding steroid dienone is 1. The number of alkyl halides is 1. The van der Waals surface area contributed by atoms with Crippen LogP contribution >= 0.6 is 0 Å². The van der Waals surface area contributed by atoms with E-state index in [1.54, 1.807) is 10.8 Å². The second-order valence-electron chi connectivity index (χ2n) is 11.8. The highest BCUT2D eigenvalue weighted by atomic mass is 19.1. The maximum absolute atomic E-state index is 15.9. The van der Waals surface area contributed by atoms with Gasteiger partial charge in [-0.05, 0) is 86.0 Å². The molecule has 1 aliphatic heterocycles. The predicted molar refractivity (Wildman–Crippen MR) is 155 cm³/mol. The summed E-state index contributed by atoms with van der Waals surface area (Å²) in [4.78, 5) is 29.6. The lowest BCUT2D eigenvalue weighted by Gasteiger charge is -2.41. The number of aryl methyl sites for hydroxylation is 2. The second kappa shape index (κ2) is 9.32. The minimum atomic E-state index is -1.30. The van der Waals surface area contributed by atoms with Gasteiger partial charge < -0.3 is 10.4 Å². The van der Waals surface area contributed by atoms with E-state index in [-0.39, 0.29) is 12.1 Å². The number of aliphatic hydroxyl groups is 1. The predicted octanol–water partition coefficient (Wildman–Crippen LogP) is 4.40. The Bertz CT molecular complexity index is 1780. The van der Waals surface area contributed by atoms with Crippen LogP contribution in [0, 0.1) is 0 Å². The number of fused-ring (bicyclic) bond motifs is 2. The number of anilines is 2. The van der Waals surface area contributed by atoms with Crippen molar-refractivity contribution >= 4 is 22.7 Å². The number of nitrogens with zero attached hydrogens (tertiary/aromatic N) is 6. The molecule has 0 spiro atoms. The minimum Gasteiger partial charge on any atom is -0.384 e. The summed E-state index contributed by atoms with van der Waals surface area (Å²) in [6.07, 6.45) is 7.33. The first-order valence-corrected chi connectivity index (χ1v) is 14.4. The molecule has 0 unspecified atom stereocenters. The van der Waals surface area contributed by atoms with Crippen molar-refractivity contribution in [1.82, 2.24) is 29.2 Å². The summed E-state index contributed by atoms with van der Waals surface area (Å²) in [5.74, 6) is 0.823. The van der Waals surface area contributed by atoms with E-state index in [0.717, 1.165) is 47.2 Å². The Morgan fingerprint density at radius 2 is 2.00 bits per heavy atom. The molecule has 4 aromatic rings. The van der Waals surface area contributed by atoms with Gasteiger partial charge in [-0.2, -0.15) is 4.98 Å². The number of hydrogen-bond acceptors (Lipinski definition) is 7. The number of aromatic nitrogens is 5. The topological polar surface area (TPSA) is 101 Å². The largest absolute Gasteiger partial charge is 0.384 e. The quantitative estimate of drug-likeness (QED) is 0.340. The molecule has 0 bridgehead atoms. The summed E-state index contributed by atoms with van der Waals surface area (Å²) in [7, 11) is 1.96. The smallest absolute Gasteiger partial charge is 0.278 e. The van der Waals surface area contributed by atoms with E-state index in [1.807, 2.05) is 43.1 Å². The van der Waals surface area contributed by atoms with Crippen LogP contribution in [0.5, 0.6) is 0 Å². The molecule has 1 aromatic carbocycles. The van der Waals surface area contributed by atoms with Gasteiger partial charge in [0.05, 0.1) is 12.2 Å². The molecule has 2 N–H and O–H groups in total. The van der Waals surface area contributed by atoms with Crippen molar-refractivity contribution in [2.45, 2.75) is 69.8 Å². The van der Waals surface area contributed by atoms with Crippen LogP contribution in [0.15, 0.2) is 47.9 Å². The van der Waals surface area contributed by atoms with Crippen LogP contribution in [-0.4, -0.2) is 47.9 Å². The zero-order valence-corrected chi connectivity index (χ0v) is 23.5. The lowest BCUT2D eigenvalue weighted by molar-refractivity contribution is 0.0305. The monoisotopic (exact) mass is 555 g/mol. The molecule has 3 aliphatic rings. The van der Waals surface area contributed by atoms with Crippen LogP contribution in [0.3, 0.4) is 0 Å². The number of rotatable bonds is 6. The van der Waals surface area contributed by atoms with Gasteiger partial charge in [-0.25, -0.2) is 23.7 Å². The standard InChI is InChI=1S/C31H34FN7O2/c1-4-13-38-28(40)23-16-33-29(34-22-14-20-7-6-11-30(32)18-37(3)17-21(15-22)25(20)30)36-27(23)39(38)24-9-8-19-10-12-31(41,5-2)26(19)35-24/h4,8-9,14-16,41H,1,5-7,10-13,17-18H2,2-3H3,(H,33,34,36)/t30-,31-/m1/s1. The van der Waals surface area contributed by atoms with E-state index in [1.165, 1.54) is 10.9 Å². The summed E-state index contributed by atoms with van der Waals surface area (Å²) in [6, 6.07) is 7.84. The van der Waals surface area contributed by atoms with E-state index in [9.17, 15) is 9.90 Å². The zero-order chi connectivity index (χ0) is 28.5. The fourth-order valence-corrected chi connectivity index (χ4v) is 7.10. The number of benzene rings is 1. The molecule has 3 aromatic heterocycles. The number of halogens is 1. The first-order valence-electron chi connectivity index (χ1n) is 14.4. The molecule has 212 valence electrons. The molecule has 41 heavy (non-hydrogen) atoms. The van der Waals surface area contributed by atoms with E-state index in [2.05, 4.69) is 16.9 Å². The Morgan fingerprint density at radius 3 is 2.80 bits per heavy atom. The molecule has 4 heterocycles. The average molecular weight is 556 g/mol. The van der Waals surface area contributed by atoms with Gasteiger partial charge in [0, 0.05) is 25.0 Å². The lowest BCUT2D eigenvalue weighted by atomic mass is 9.75. The van der Waals surface area contributed by atoms with Crippen LogP contribution in [-0.2, 0) is 37.2 Å². The second-order valence-corrected chi connectivity index (χ2v) is 11.8. The highest BCUT2D eigenvalue weighted by Crippen LogP contribution is 2.45. The van der Waals surface area contributed by atoms with Crippen LogP contribution in [0.2, 0.25) is 0 Å². The Kier molecular flexibility index (Phi) is 5.92. The van der Waals surface area contributed by atoms with Gasteiger partial charge in [-0.3, -0.25) is 9.69 Å². The molecule has 0 amide bonds. The molecule has 0 saturated carbocycles. The van der Waals surface area contributed by atoms with Crippen LogP contribution in [0.4, 0.5) is 16.0 Å². The van der Waals surface area contributed by atoms with Crippen molar-refractivity contribution in [2.75, 3.05) is 18.9 Å². The molecule has 0 saturated heterocycles. The molecule has 9 nitrogen and oxygen atoms in total. The summed E-state index contributed by atoms with van der Waals surface area (Å²) >= 11 is 0. The maximum atomic E-state index is 15.9. The van der Waals surface area contributed by atoms with Crippen LogP contribution in [0.25, 0.3) is 16.9 Å². The zero-order valence-electron chi connectivity index (χ0n) is 23.5. The molecule has 0 fully saturated rings. The van der Waals surface area contributed by atoms with Gasteiger partial charge in [0.1, 0.15) is 16.7 Å². The number of likely N-dealkylation sites (N-methyl/N-ethyl adjacent to an activating group) is 1. The number of hydrogen-bond donors (Lipinski definition) is 2. The summed E-state index contributed by atoms with van der Waals surface area (Å²) in [5.41, 5.74) is 3.20. The molecule has 2 atom stereocenters. The summed E-state index contributed by atoms with van der Waals surface area (Å²) < 4.78 is 19.1. The van der Waals surface area contributed by atoms with Gasteiger partial charge in [0.2, 0.25) is 5.95 Å². The third-order valence-corrected chi connectivity index (χ3v) is 8.98. The molecule has 7 rings (SSSR count). The third kappa shape index (κ3) is 4.03. The van der Waals surface area contributed by atoms with E-state index >= 15 is 4.39 Å². The minimum absolute atomic E-state index is 0.250. The van der Waals surface area contributed by atoms with Crippen molar-refractivity contribution in [3.63, 3.8) is 0 Å². The fraction of sp³-hybridized carbons (Fsp3) is 0.419. The Morgan fingerprint density at radius 1 is 1.17 bits per heavy atom. The Hall–Kier alpha value is -3.89. The Labute approximate surface area is 237 Å².